The normalized spacial score (nSPS) is 68.6. The molecule has 2 spiro atoms. The first-order valence-corrected chi connectivity index (χ1v) is 7.98. The van der Waals surface area contributed by atoms with Crippen LogP contribution in [-0.2, 0) is 0 Å². The van der Waals surface area contributed by atoms with E-state index in [2.05, 4.69) is 28.1 Å². The molecule has 90 valence electrons. The van der Waals surface area contributed by atoms with Gasteiger partial charge in [0, 0.05) is 11.8 Å². The molecular formula is C15H16BrF. The molecule has 0 aromatic carbocycles. The van der Waals surface area contributed by atoms with Crippen LogP contribution in [0.4, 0.5) is 4.39 Å². The third kappa shape index (κ3) is 0.676. The summed E-state index contributed by atoms with van der Waals surface area (Å²) in [6.45, 7) is 0. The van der Waals surface area contributed by atoms with E-state index >= 15 is 0 Å². The summed E-state index contributed by atoms with van der Waals surface area (Å²) in [5.41, 5.74) is 1.08. The van der Waals surface area contributed by atoms with Gasteiger partial charge in [-0.15, -0.1) is 0 Å². The van der Waals surface area contributed by atoms with E-state index in [1.807, 2.05) is 0 Å². The van der Waals surface area contributed by atoms with Crippen molar-refractivity contribution in [1.29, 1.82) is 0 Å². The highest BCUT2D eigenvalue weighted by Crippen LogP contribution is 2.92. The second-order valence-electron chi connectivity index (χ2n) is 7.68. The molecule has 0 aliphatic heterocycles. The maximum absolute atomic E-state index is 14.6. The minimum absolute atomic E-state index is 0.368. The van der Waals surface area contributed by atoms with Crippen molar-refractivity contribution in [1.82, 2.24) is 0 Å². The van der Waals surface area contributed by atoms with Crippen LogP contribution >= 0.6 is 15.9 Å². The molecule has 0 saturated heterocycles. The average Bonchev–Trinajstić information content (AvgIpc) is 3.13. The first-order valence-electron chi connectivity index (χ1n) is 7.19. The van der Waals surface area contributed by atoms with Crippen LogP contribution in [0.2, 0.25) is 0 Å². The zero-order valence-corrected chi connectivity index (χ0v) is 11.3. The maximum Gasteiger partial charge on any atom is 0.172 e. The molecule has 5 fully saturated rings. The summed E-state index contributed by atoms with van der Waals surface area (Å²) in [4.78, 5) is 0. The minimum Gasteiger partial charge on any atom is -0.231 e. The number of hydrogen-bond acceptors (Lipinski definition) is 0. The number of hydrogen-bond donors (Lipinski definition) is 0. The second kappa shape index (κ2) is 2.09. The molecule has 7 atom stereocenters. The predicted molar refractivity (Wildman–Crippen MR) is 66.2 cm³/mol. The molecule has 6 aliphatic rings. The molecule has 0 unspecified atom stereocenters. The van der Waals surface area contributed by atoms with Gasteiger partial charge in [0.25, 0.3) is 0 Å². The van der Waals surface area contributed by atoms with Crippen molar-refractivity contribution in [3.8, 4) is 0 Å². The van der Waals surface area contributed by atoms with Gasteiger partial charge in [-0.05, 0) is 76.1 Å². The van der Waals surface area contributed by atoms with E-state index in [4.69, 9.17) is 0 Å². The zero-order valence-electron chi connectivity index (χ0n) is 9.70. The van der Waals surface area contributed by atoms with E-state index in [-0.39, 0.29) is 0 Å². The Labute approximate surface area is 109 Å². The van der Waals surface area contributed by atoms with Gasteiger partial charge in [0.1, 0.15) is 0 Å². The van der Waals surface area contributed by atoms with E-state index in [0.29, 0.717) is 28.6 Å². The van der Waals surface area contributed by atoms with Crippen LogP contribution in [0.1, 0.15) is 25.7 Å². The number of rotatable bonds is 0. The van der Waals surface area contributed by atoms with Gasteiger partial charge in [-0.2, -0.15) is 0 Å². The van der Waals surface area contributed by atoms with Gasteiger partial charge >= 0.3 is 0 Å². The van der Waals surface area contributed by atoms with Crippen LogP contribution in [0.3, 0.4) is 0 Å². The Balaban J connectivity index is 1.57. The molecule has 5 saturated carbocycles. The van der Waals surface area contributed by atoms with Gasteiger partial charge in [-0.1, -0.05) is 12.2 Å². The Hall–Kier alpha value is 0.150. The highest BCUT2D eigenvalue weighted by molar-refractivity contribution is 9.10. The molecular weight excluding hydrogens is 279 g/mol. The highest BCUT2D eigenvalue weighted by atomic mass is 79.9. The topological polar surface area (TPSA) is 0 Å². The van der Waals surface area contributed by atoms with Gasteiger partial charge in [0.2, 0.25) is 0 Å². The zero-order chi connectivity index (χ0) is 11.2. The van der Waals surface area contributed by atoms with Crippen molar-refractivity contribution in [3.63, 3.8) is 0 Å². The molecule has 6 rings (SSSR count). The lowest BCUT2D eigenvalue weighted by molar-refractivity contribution is 0.165. The Morgan fingerprint density at radius 3 is 2.24 bits per heavy atom. The molecule has 2 heteroatoms. The van der Waals surface area contributed by atoms with Crippen molar-refractivity contribution >= 4 is 15.9 Å². The van der Waals surface area contributed by atoms with Crippen LogP contribution < -0.4 is 0 Å². The largest absolute Gasteiger partial charge is 0.231 e. The van der Waals surface area contributed by atoms with Crippen LogP contribution in [0, 0.1) is 46.3 Å². The lowest BCUT2D eigenvalue weighted by atomic mass is 9.74. The fourth-order valence-electron chi connectivity index (χ4n) is 6.86. The van der Waals surface area contributed by atoms with Crippen LogP contribution in [0.5, 0.6) is 0 Å². The van der Waals surface area contributed by atoms with Crippen molar-refractivity contribution < 1.29 is 4.39 Å². The first-order chi connectivity index (χ1) is 8.13. The smallest absolute Gasteiger partial charge is 0.172 e. The van der Waals surface area contributed by atoms with E-state index < -0.39 is 4.58 Å². The van der Waals surface area contributed by atoms with E-state index in [1.165, 1.54) is 25.7 Å². The number of fused-ring (bicyclic) bond motifs is 7. The predicted octanol–water partition coefficient (Wildman–Crippen LogP) is 3.92. The van der Waals surface area contributed by atoms with Crippen molar-refractivity contribution in [2.45, 2.75) is 30.3 Å². The molecule has 2 bridgehead atoms. The fraction of sp³-hybridized carbons (Fsp3) is 0.867. The van der Waals surface area contributed by atoms with Gasteiger partial charge in [-0.25, -0.2) is 4.39 Å². The minimum atomic E-state index is -0.973. The standard InChI is InChI=1S/C15H16BrF/c16-15(17)11-9-7-1-2-8(13(7)3-4-13)10(9)14(5-6-14)12(11)15/h1-2,7-12H,3-6H2/t7-,8+,9+,10+,11-,12+,15-/m1/s1. The Kier molecular flexibility index (Phi) is 1.12. The first kappa shape index (κ1) is 9.12. The van der Waals surface area contributed by atoms with Crippen molar-refractivity contribution in [3.05, 3.63) is 12.2 Å². The van der Waals surface area contributed by atoms with Gasteiger partial charge in [-0.3, -0.25) is 0 Å². The van der Waals surface area contributed by atoms with E-state index in [9.17, 15) is 4.39 Å². The van der Waals surface area contributed by atoms with E-state index in [0.717, 1.165) is 17.8 Å². The van der Waals surface area contributed by atoms with Crippen LogP contribution in [0.15, 0.2) is 12.2 Å². The summed E-state index contributed by atoms with van der Waals surface area (Å²) in [7, 11) is 0. The lowest BCUT2D eigenvalue weighted by Crippen LogP contribution is -2.29. The summed E-state index contributed by atoms with van der Waals surface area (Å²) >= 11 is 3.42. The molecule has 0 radical (unpaired) electrons. The summed E-state index contributed by atoms with van der Waals surface area (Å²) in [6, 6.07) is 0. The van der Waals surface area contributed by atoms with Crippen molar-refractivity contribution in [2.24, 2.45) is 46.3 Å². The average molecular weight is 295 g/mol. The van der Waals surface area contributed by atoms with Crippen LogP contribution in [0.25, 0.3) is 0 Å². The molecule has 6 aliphatic carbocycles. The van der Waals surface area contributed by atoms with Gasteiger partial charge < -0.3 is 0 Å². The quantitative estimate of drug-likeness (QED) is 0.469. The van der Waals surface area contributed by atoms with E-state index in [1.54, 1.807) is 0 Å². The molecule has 17 heavy (non-hydrogen) atoms. The third-order valence-corrected chi connectivity index (χ3v) is 8.55. The maximum atomic E-state index is 14.6. The molecule has 0 aromatic heterocycles. The number of alkyl halides is 2. The molecule has 0 N–H and O–H groups in total. The monoisotopic (exact) mass is 294 g/mol. The summed E-state index contributed by atoms with van der Waals surface area (Å²) in [5.74, 6) is 3.91. The number of allylic oxidation sites excluding steroid dienone is 2. The number of halogens is 2. The molecule has 0 nitrogen and oxygen atoms in total. The second-order valence-corrected chi connectivity index (χ2v) is 8.90. The third-order valence-electron chi connectivity index (χ3n) is 7.53. The lowest BCUT2D eigenvalue weighted by Gasteiger charge is -2.31. The van der Waals surface area contributed by atoms with Crippen LogP contribution in [-0.4, -0.2) is 4.58 Å². The molecule has 0 heterocycles. The highest BCUT2D eigenvalue weighted by Gasteiger charge is 2.90. The van der Waals surface area contributed by atoms with Crippen molar-refractivity contribution in [2.75, 3.05) is 0 Å². The molecule has 0 aromatic rings. The Bertz CT molecular complexity index is 485. The summed E-state index contributed by atoms with van der Waals surface area (Å²) in [5, 5.41) is 0. The summed E-state index contributed by atoms with van der Waals surface area (Å²) in [6.07, 6.45) is 10.5. The summed E-state index contributed by atoms with van der Waals surface area (Å²) < 4.78 is 13.6. The Morgan fingerprint density at radius 1 is 0.941 bits per heavy atom. The SMILES string of the molecule is F[C@]1(Br)[C@@H]2[C@@H]3[C@H]([C@@H]4C=C[C@H]3C43CC3)C3(CC3)[C@H]21. The Morgan fingerprint density at radius 2 is 1.59 bits per heavy atom. The van der Waals surface area contributed by atoms with Gasteiger partial charge in [0.15, 0.2) is 4.58 Å². The molecule has 0 amide bonds. The van der Waals surface area contributed by atoms with Gasteiger partial charge in [0.05, 0.1) is 0 Å². The fourth-order valence-corrected chi connectivity index (χ4v) is 8.04.